The Morgan fingerprint density at radius 3 is 2.83 bits per heavy atom. The van der Waals surface area contributed by atoms with Gasteiger partial charge in [0.2, 0.25) is 11.9 Å². The molecule has 1 aliphatic heterocycles. The molecule has 1 N–H and O–H groups in total. The third-order valence-corrected chi connectivity index (χ3v) is 6.57. The average molecular weight is 326 g/mol. The normalized spacial score (nSPS) is 34.8. The summed E-state index contributed by atoms with van der Waals surface area (Å²) in [5, 5.41) is 3.36. The zero-order valence-electron chi connectivity index (χ0n) is 14.2. The summed E-state index contributed by atoms with van der Waals surface area (Å²) >= 11 is 0. The van der Waals surface area contributed by atoms with Crippen LogP contribution in [-0.4, -0.2) is 35.0 Å². The van der Waals surface area contributed by atoms with Crippen molar-refractivity contribution < 1.29 is 4.79 Å². The lowest BCUT2D eigenvalue weighted by Crippen LogP contribution is -2.42. The minimum Gasteiger partial charge on any atom is -0.353 e. The Bertz CT molecular complexity index is 644. The molecule has 1 saturated heterocycles. The first-order valence-electron chi connectivity index (χ1n) is 9.64. The molecule has 24 heavy (non-hydrogen) atoms. The van der Waals surface area contributed by atoms with E-state index in [2.05, 4.69) is 15.2 Å². The molecule has 1 aromatic rings. The van der Waals surface area contributed by atoms with E-state index in [1.54, 1.807) is 0 Å². The number of fused-ring (bicyclic) bond motifs is 2. The summed E-state index contributed by atoms with van der Waals surface area (Å²) in [6, 6.07) is 2.48. The lowest BCUT2D eigenvalue weighted by molar-refractivity contribution is -0.125. The molecule has 2 bridgehead atoms. The van der Waals surface area contributed by atoms with E-state index in [9.17, 15) is 4.79 Å². The Morgan fingerprint density at radius 1 is 1.17 bits per heavy atom. The fraction of sp³-hybridized carbons (Fsp3) is 0.737. The molecule has 0 spiro atoms. The van der Waals surface area contributed by atoms with Crippen LogP contribution in [0.5, 0.6) is 0 Å². The fourth-order valence-electron chi connectivity index (χ4n) is 5.00. The van der Waals surface area contributed by atoms with Crippen LogP contribution in [0.4, 0.5) is 5.95 Å². The highest BCUT2D eigenvalue weighted by Crippen LogP contribution is 2.44. The van der Waals surface area contributed by atoms with Crippen LogP contribution in [0.15, 0.2) is 12.3 Å². The van der Waals surface area contributed by atoms with Gasteiger partial charge in [-0.2, -0.15) is 0 Å². The Kier molecular flexibility index (Phi) is 3.49. The van der Waals surface area contributed by atoms with Gasteiger partial charge in [0, 0.05) is 36.9 Å². The standard InChI is InChI=1S/C19H26N4O/c24-18(21-17-10-12-1-2-14(17)9-12)15-6-8-23(11-15)19-20-7-5-16(22-19)13-3-4-13/h5,7,12-15,17H,1-4,6,8-11H2,(H,21,24)/t12-,14+,15?,17-/m1/s1. The smallest absolute Gasteiger partial charge is 0.225 e. The van der Waals surface area contributed by atoms with Crippen LogP contribution in [0.25, 0.3) is 0 Å². The second-order valence-corrected chi connectivity index (χ2v) is 8.28. The first-order chi connectivity index (χ1) is 11.8. The van der Waals surface area contributed by atoms with E-state index >= 15 is 0 Å². The highest BCUT2D eigenvalue weighted by Gasteiger charge is 2.41. The third-order valence-electron chi connectivity index (χ3n) is 6.57. The SMILES string of the molecule is O=C(N[C@@H]1C[C@@H]2CC[C@H]1C2)C1CCN(c2nccc(C3CC3)n2)C1. The summed E-state index contributed by atoms with van der Waals surface area (Å²) in [5.41, 5.74) is 1.18. The Hall–Kier alpha value is -1.65. The molecule has 128 valence electrons. The van der Waals surface area contributed by atoms with Gasteiger partial charge in [-0.05, 0) is 56.4 Å². The highest BCUT2D eigenvalue weighted by atomic mass is 16.2. The number of carbonyl (C=O) groups is 1. The molecule has 5 nitrogen and oxygen atoms in total. The van der Waals surface area contributed by atoms with Gasteiger partial charge in [-0.3, -0.25) is 4.79 Å². The van der Waals surface area contributed by atoms with E-state index in [0.29, 0.717) is 12.0 Å². The zero-order valence-corrected chi connectivity index (χ0v) is 14.2. The van der Waals surface area contributed by atoms with Crippen LogP contribution in [-0.2, 0) is 4.79 Å². The molecule has 4 atom stereocenters. The number of hydrogen-bond acceptors (Lipinski definition) is 4. The third kappa shape index (κ3) is 2.68. The zero-order chi connectivity index (χ0) is 16.1. The minimum atomic E-state index is 0.0947. The van der Waals surface area contributed by atoms with Crippen molar-refractivity contribution in [2.45, 2.75) is 56.9 Å². The lowest BCUT2D eigenvalue weighted by Gasteiger charge is -2.24. The first kappa shape index (κ1) is 14.7. The van der Waals surface area contributed by atoms with Crippen LogP contribution < -0.4 is 10.2 Å². The van der Waals surface area contributed by atoms with Gasteiger partial charge in [0.25, 0.3) is 0 Å². The van der Waals surface area contributed by atoms with E-state index in [-0.39, 0.29) is 11.8 Å². The lowest BCUT2D eigenvalue weighted by atomic mass is 9.94. The molecule has 3 aliphatic carbocycles. The van der Waals surface area contributed by atoms with E-state index in [1.807, 2.05) is 12.3 Å². The Balaban J connectivity index is 1.20. The molecule has 0 aromatic carbocycles. The summed E-state index contributed by atoms with van der Waals surface area (Å²) in [6.45, 7) is 1.66. The fourth-order valence-corrected chi connectivity index (χ4v) is 5.00. The van der Waals surface area contributed by atoms with Gasteiger partial charge >= 0.3 is 0 Å². The molecule has 0 radical (unpaired) electrons. The summed E-state index contributed by atoms with van der Waals surface area (Å²) in [4.78, 5) is 24.0. The summed E-state index contributed by atoms with van der Waals surface area (Å²) in [6.07, 6.45) is 10.5. The predicted octanol–water partition coefficient (Wildman–Crippen LogP) is 2.49. The summed E-state index contributed by atoms with van der Waals surface area (Å²) in [5.74, 6) is 3.43. The number of amides is 1. The Labute approximate surface area is 143 Å². The predicted molar refractivity (Wildman–Crippen MR) is 91.7 cm³/mol. The maximum Gasteiger partial charge on any atom is 0.225 e. The summed E-state index contributed by atoms with van der Waals surface area (Å²) < 4.78 is 0. The Morgan fingerprint density at radius 2 is 2.08 bits per heavy atom. The van der Waals surface area contributed by atoms with Crippen LogP contribution >= 0.6 is 0 Å². The van der Waals surface area contributed by atoms with Crippen molar-refractivity contribution in [1.29, 1.82) is 0 Å². The van der Waals surface area contributed by atoms with E-state index < -0.39 is 0 Å². The van der Waals surface area contributed by atoms with E-state index in [0.717, 1.165) is 37.3 Å². The molecule has 1 unspecified atom stereocenters. The quantitative estimate of drug-likeness (QED) is 0.923. The van der Waals surface area contributed by atoms with Crippen molar-refractivity contribution in [3.05, 3.63) is 18.0 Å². The molecule has 3 saturated carbocycles. The topological polar surface area (TPSA) is 58.1 Å². The molecule has 4 aliphatic rings. The second-order valence-electron chi connectivity index (χ2n) is 8.28. The maximum absolute atomic E-state index is 12.7. The minimum absolute atomic E-state index is 0.0947. The number of anilines is 1. The molecule has 4 fully saturated rings. The second kappa shape index (κ2) is 5.71. The molecule has 2 heterocycles. The number of nitrogens with zero attached hydrogens (tertiary/aromatic N) is 3. The van der Waals surface area contributed by atoms with Crippen LogP contribution in [0.3, 0.4) is 0 Å². The number of hydrogen-bond donors (Lipinski definition) is 1. The van der Waals surface area contributed by atoms with E-state index in [4.69, 9.17) is 4.98 Å². The molecular formula is C19H26N4O. The van der Waals surface area contributed by atoms with Crippen LogP contribution in [0.1, 0.15) is 56.6 Å². The summed E-state index contributed by atoms with van der Waals surface area (Å²) in [7, 11) is 0. The largest absolute Gasteiger partial charge is 0.353 e. The van der Waals surface area contributed by atoms with Gasteiger partial charge in [-0.1, -0.05) is 6.42 Å². The van der Waals surface area contributed by atoms with Crippen molar-refractivity contribution in [3.63, 3.8) is 0 Å². The number of rotatable bonds is 4. The van der Waals surface area contributed by atoms with Crippen molar-refractivity contribution in [2.24, 2.45) is 17.8 Å². The number of aromatic nitrogens is 2. The van der Waals surface area contributed by atoms with Gasteiger partial charge in [0.1, 0.15) is 0 Å². The molecular weight excluding hydrogens is 300 g/mol. The van der Waals surface area contributed by atoms with E-state index in [1.165, 1.54) is 44.2 Å². The van der Waals surface area contributed by atoms with Crippen molar-refractivity contribution in [1.82, 2.24) is 15.3 Å². The van der Waals surface area contributed by atoms with Gasteiger partial charge < -0.3 is 10.2 Å². The van der Waals surface area contributed by atoms with Crippen LogP contribution in [0.2, 0.25) is 0 Å². The van der Waals surface area contributed by atoms with Gasteiger partial charge in [0.15, 0.2) is 0 Å². The number of carbonyl (C=O) groups excluding carboxylic acids is 1. The molecule has 5 rings (SSSR count). The van der Waals surface area contributed by atoms with Crippen molar-refractivity contribution >= 4 is 11.9 Å². The van der Waals surface area contributed by atoms with Crippen molar-refractivity contribution in [2.75, 3.05) is 18.0 Å². The molecule has 1 amide bonds. The highest BCUT2D eigenvalue weighted by molar-refractivity contribution is 5.80. The van der Waals surface area contributed by atoms with Gasteiger partial charge in [0.05, 0.1) is 5.92 Å². The van der Waals surface area contributed by atoms with Crippen molar-refractivity contribution in [3.8, 4) is 0 Å². The van der Waals surface area contributed by atoms with Crippen LogP contribution in [0, 0.1) is 17.8 Å². The average Bonchev–Trinajstić information content (AvgIpc) is 3.02. The monoisotopic (exact) mass is 326 g/mol. The number of nitrogens with one attached hydrogen (secondary N) is 1. The molecule has 1 aromatic heterocycles. The molecule has 5 heteroatoms. The van der Waals surface area contributed by atoms with Gasteiger partial charge in [-0.25, -0.2) is 9.97 Å². The first-order valence-corrected chi connectivity index (χ1v) is 9.64. The van der Waals surface area contributed by atoms with Gasteiger partial charge in [-0.15, -0.1) is 0 Å². The maximum atomic E-state index is 12.7.